The largest absolute Gasteiger partial charge is 0.269 e. The number of aryl methyl sites for hydroxylation is 3. The molecule has 0 bridgehead atoms. The molecule has 0 atom stereocenters. The summed E-state index contributed by atoms with van der Waals surface area (Å²) in [7, 11) is -1.95. The van der Waals surface area contributed by atoms with Gasteiger partial charge in [-0.25, -0.2) is 8.42 Å². The maximum Gasteiger partial charge on any atom is 0.264 e. The molecule has 0 saturated heterocycles. The normalized spacial score (nSPS) is 11.4. The van der Waals surface area contributed by atoms with Crippen LogP contribution in [0.15, 0.2) is 47.4 Å². The summed E-state index contributed by atoms with van der Waals surface area (Å²) in [5, 5.41) is 0. The lowest BCUT2D eigenvalue weighted by molar-refractivity contribution is 0.593. The van der Waals surface area contributed by atoms with Crippen LogP contribution in [0.25, 0.3) is 0 Å². The second kappa shape index (κ2) is 5.29. The molecule has 0 aliphatic rings. The van der Waals surface area contributed by atoms with Gasteiger partial charge in [0.1, 0.15) is 0 Å². The summed E-state index contributed by atoms with van der Waals surface area (Å²) >= 11 is 0. The average molecular weight is 289 g/mol. The van der Waals surface area contributed by atoms with E-state index < -0.39 is 10.0 Å². The highest BCUT2D eigenvalue weighted by atomic mass is 32.2. The van der Waals surface area contributed by atoms with Crippen molar-refractivity contribution in [2.45, 2.75) is 25.7 Å². The van der Waals surface area contributed by atoms with Gasteiger partial charge in [0.05, 0.1) is 10.6 Å². The highest BCUT2D eigenvalue weighted by Crippen LogP contribution is 2.26. The van der Waals surface area contributed by atoms with Gasteiger partial charge in [-0.2, -0.15) is 0 Å². The van der Waals surface area contributed by atoms with E-state index in [0.717, 1.165) is 16.7 Å². The zero-order valence-corrected chi connectivity index (χ0v) is 13.0. The predicted octanol–water partition coefficient (Wildman–Crippen LogP) is 3.44. The first-order chi connectivity index (χ1) is 9.34. The van der Waals surface area contributed by atoms with Gasteiger partial charge >= 0.3 is 0 Å². The predicted molar refractivity (Wildman–Crippen MR) is 82.7 cm³/mol. The average Bonchev–Trinajstić information content (AvgIpc) is 2.42. The molecular weight excluding hydrogens is 270 g/mol. The van der Waals surface area contributed by atoms with E-state index in [1.165, 1.54) is 4.31 Å². The van der Waals surface area contributed by atoms with Crippen LogP contribution in [-0.2, 0) is 10.0 Å². The van der Waals surface area contributed by atoms with Crippen molar-refractivity contribution in [3.8, 4) is 0 Å². The van der Waals surface area contributed by atoms with E-state index in [0.29, 0.717) is 10.6 Å². The lowest BCUT2D eigenvalue weighted by Crippen LogP contribution is -2.27. The summed E-state index contributed by atoms with van der Waals surface area (Å²) in [6, 6.07) is 12.8. The number of rotatable bonds is 3. The van der Waals surface area contributed by atoms with Crippen LogP contribution in [-0.4, -0.2) is 15.5 Å². The van der Waals surface area contributed by atoms with Crippen LogP contribution in [0.5, 0.6) is 0 Å². The van der Waals surface area contributed by atoms with Crippen molar-refractivity contribution in [1.82, 2.24) is 0 Å². The molecule has 2 rings (SSSR count). The van der Waals surface area contributed by atoms with Crippen molar-refractivity contribution < 1.29 is 8.42 Å². The van der Waals surface area contributed by atoms with Gasteiger partial charge in [-0.3, -0.25) is 4.31 Å². The fourth-order valence-electron chi connectivity index (χ4n) is 2.14. The third-order valence-electron chi connectivity index (χ3n) is 3.55. The van der Waals surface area contributed by atoms with Crippen molar-refractivity contribution in [3.05, 3.63) is 59.2 Å². The number of benzene rings is 2. The summed E-state index contributed by atoms with van der Waals surface area (Å²) in [4.78, 5) is 0.368. The Morgan fingerprint density at radius 1 is 0.850 bits per heavy atom. The Morgan fingerprint density at radius 3 is 2.00 bits per heavy atom. The van der Waals surface area contributed by atoms with Crippen LogP contribution in [0.1, 0.15) is 16.7 Å². The summed E-state index contributed by atoms with van der Waals surface area (Å²) in [6.45, 7) is 5.74. The van der Waals surface area contributed by atoms with Gasteiger partial charge in [0, 0.05) is 7.05 Å². The Balaban J connectivity index is 2.54. The number of para-hydroxylation sites is 1. The number of hydrogen-bond acceptors (Lipinski definition) is 2. The van der Waals surface area contributed by atoms with Crippen LogP contribution in [0.3, 0.4) is 0 Å². The van der Waals surface area contributed by atoms with Gasteiger partial charge < -0.3 is 0 Å². The minimum atomic E-state index is -3.53. The van der Waals surface area contributed by atoms with Crippen molar-refractivity contribution >= 4 is 15.7 Å². The monoisotopic (exact) mass is 289 g/mol. The molecule has 2 aromatic carbocycles. The zero-order chi connectivity index (χ0) is 14.9. The van der Waals surface area contributed by atoms with Crippen molar-refractivity contribution in [2.75, 3.05) is 11.4 Å². The first-order valence-electron chi connectivity index (χ1n) is 6.46. The Labute approximate surface area is 120 Å². The number of anilines is 1. The maximum absolute atomic E-state index is 12.7. The molecule has 2 aromatic rings. The minimum absolute atomic E-state index is 0.368. The van der Waals surface area contributed by atoms with E-state index in [9.17, 15) is 8.42 Å². The van der Waals surface area contributed by atoms with Crippen LogP contribution >= 0.6 is 0 Å². The second-order valence-electron chi connectivity index (χ2n) is 5.01. The van der Waals surface area contributed by atoms with Crippen LogP contribution in [0.2, 0.25) is 0 Å². The van der Waals surface area contributed by atoms with Crippen molar-refractivity contribution in [2.24, 2.45) is 0 Å². The third-order valence-corrected chi connectivity index (χ3v) is 5.48. The molecular formula is C16H19NO2S. The Morgan fingerprint density at radius 2 is 1.40 bits per heavy atom. The standard InChI is InChI=1S/C16H19NO2S/c1-12-10-14(3)16(11-13(12)2)20(18,19)17(4)15-8-6-5-7-9-15/h5-11H,1-4H3. The van der Waals surface area contributed by atoms with Gasteiger partial charge in [0.2, 0.25) is 0 Å². The van der Waals surface area contributed by atoms with Crippen LogP contribution < -0.4 is 4.31 Å². The van der Waals surface area contributed by atoms with E-state index in [4.69, 9.17) is 0 Å². The Kier molecular flexibility index (Phi) is 3.86. The molecule has 0 N–H and O–H groups in total. The molecule has 106 valence electrons. The lowest BCUT2D eigenvalue weighted by atomic mass is 10.1. The SMILES string of the molecule is Cc1cc(C)c(S(=O)(=O)N(C)c2ccccc2)cc1C. The molecule has 4 heteroatoms. The van der Waals surface area contributed by atoms with Crippen molar-refractivity contribution in [1.29, 1.82) is 0 Å². The third kappa shape index (κ3) is 2.56. The molecule has 0 spiro atoms. The molecule has 0 radical (unpaired) electrons. The van der Waals surface area contributed by atoms with E-state index in [1.54, 1.807) is 25.2 Å². The van der Waals surface area contributed by atoms with Gasteiger partial charge in [-0.15, -0.1) is 0 Å². The Hall–Kier alpha value is -1.81. The quantitative estimate of drug-likeness (QED) is 0.868. The molecule has 0 aliphatic carbocycles. The first kappa shape index (κ1) is 14.6. The van der Waals surface area contributed by atoms with E-state index >= 15 is 0 Å². The molecule has 0 aromatic heterocycles. The maximum atomic E-state index is 12.7. The number of nitrogens with zero attached hydrogens (tertiary/aromatic N) is 1. The first-order valence-corrected chi connectivity index (χ1v) is 7.90. The minimum Gasteiger partial charge on any atom is -0.269 e. The van der Waals surface area contributed by atoms with Crippen molar-refractivity contribution in [3.63, 3.8) is 0 Å². The van der Waals surface area contributed by atoms with Gasteiger partial charge in [0.15, 0.2) is 0 Å². The molecule has 3 nitrogen and oxygen atoms in total. The molecule has 0 aliphatic heterocycles. The molecule has 0 heterocycles. The lowest BCUT2D eigenvalue weighted by Gasteiger charge is -2.21. The molecule has 20 heavy (non-hydrogen) atoms. The highest BCUT2D eigenvalue weighted by molar-refractivity contribution is 7.92. The Bertz CT molecular complexity index is 722. The molecule has 0 unspecified atom stereocenters. The fraction of sp³-hybridized carbons (Fsp3) is 0.250. The van der Waals surface area contributed by atoms with Gasteiger partial charge in [-0.1, -0.05) is 24.3 Å². The van der Waals surface area contributed by atoms with E-state index in [1.807, 2.05) is 45.0 Å². The van der Waals surface area contributed by atoms with E-state index in [2.05, 4.69) is 0 Å². The second-order valence-corrected chi connectivity index (χ2v) is 6.95. The summed E-state index contributed by atoms with van der Waals surface area (Å²) in [5.41, 5.74) is 3.51. The summed E-state index contributed by atoms with van der Waals surface area (Å²) < 4.78 is 26.8. The zero-order valence-electron chi connectivity index (χ0n) is 12.2. The molecule has 0 fully saturated rings. The topological polar surface area (TPSA) is 37.4 Å². The number of sulfonamides is 1. The fourth-order valence-corrected chi connectivity index (χ4v) is 3.62. The summed E-state index contributed by atoms with van der Waals surface area (Å²) in [6.07, 6.45) is 0. The number of hydrogen-bond donors (Lipinski definition) is 0. The summed E-state index contributed by atoms with van der Waals surface area (Å²) in [5.74, 6) is 0. The van der Waals surface area contributed by atoms with Gasteiger partial charge in [-0.05, 0) is 55.7 Å². The van der Waals surface area contributed by atoms with Crippen LogP contribution in [0, 0.1) is 20.8 Å². The molecule has 0 saturated carbocycles. The van der Waals surface area contributed by atoms with Gasteiger partial charge in [0.25, 0.3) is 10.0 Å². The highest BCUT2D eigenvalue weighted by Gasteiger charge is 2.23. The molecule has 0 amide bonds. The van der Waals surface area contributed by atoms with E-state index in [-0.39, 0.29) is 0 Å². The smallest absolute Gasteiger partial charge is 0.264 e. The van der Waals surface area contributed by atoms with Crippen LogP contribution in [0.4, 0.5) is 5.69 Å².